The molecule has 30 heavy (non-hydrogen) atoms. The van der Waals surface area contributed by atoms with Crippen LogP contribution in [0.1, 0.15) is 22.3 Å². The third-order valence-corrected chi connectivity index (χ3v) is 7.58. The molecule has 0 aliphatic carbocycles. The van der Waals surface area contributed by atoms with Crippen LogP contribution in [0.15, 0.2) is 47.4 Å². The molecule has 1 aliphatic heterocycles. The molecule has 1 aliphatic rings. The first kappa shape index (κ1) is 22.5. The Labute approximate surface area is 180 Å². The lowest BCUT2D eigenvalue weighted by atomic mass is 10.1. The highest BCUT2D eigenvalue weighted by atomic mass is 32.2. The van der Waals surface area contributed by atoms with E-state index in [2.05, 4.69) is 31.2 Å². The predicted molar refractivity (Wildman–Crippen MR) is 119 cm³/mol. The molecule has 2 aromatic carbocycles. The Morgan fingerprint density at radius 3 is 2.13 bits per heavy atom. The molecule has 1 fully saturated rings. The van der Waals surface area contributed by atoms with Gasteiger partial charge < -0.3 is 4.90 Å². The lowest BCUT2D eigenvalue weighted by molar-refractivity contribution is -0.133. The van der Waals surface area contributed by atoms with Crippen molar-refractivity contribution in [3.05, 3.63) is 64.7 Å². The molecular weight excluding hydrogens is 398 g/mol. The number of carbonyl (C=O) groups excluding carboxylic acids is 1. The second-order valence-electron chi connectivity index (χ2n) is 8.21. The van der Waals surface area contributed by atoms with Gasteiger partial charge in [0.05, 0.1) is 11.4 Å². The maximum atomic E-state index is 13.0. The minimum absolute atomic E-state index is 0.0353. The van der Waals surface area contributed by atoms with E-state index in [0.29, 0.717) is 44.2 Å². The zero-order chi connectivity index (χ0) is 21.9. The van der Waals surface area contributed by atoms with Crippen LogP contribution >= 0.6 is 0 Å². The number of benzene rings is 2. The fourth-order valence-electron chi connectivity index (χ4n) is 3.80. The van der Waals surface area contributed by atoms with E-state index in [1.54, 1.807) is 11.0 Å². The number of sulfonamides is 1. The van der Waals surface area contributed by atoms with Gasteiger partial charge in [0.1, 0.15) is 0 Å². The number of nitrogens with zero attached hydrogens (tertiary/aromatic N) is 3. The number of likely N-dealkylation sites (N-methyl/N-ethyl adjacent to an activating group) is 1. The number of rotatable bonds is 6. The molecule has 162 valence electrons. The standard InChI is InChI=1S/C23H31N3O3S/c1-18-5-8-21(9-6-18)16-24(4)17-23(27)25-11-13-26(14-12-25)30(28,29)22-10-7-19(2)15-20(22)3/h5-10,15H,11-14,16-17H2,1-4H3. The van der Waals surface area contributed by atoms with E-state index in [-0.39, 0.29) is 5.91 Å². The van der Waals surface area contributed by atoms with E-state index in [0.717, 1.165) is 11.1 Å². The van der Waals surface area contributed by atoms with Crippen molar-refractivity contribution in [2.24, 2.45) is 0 Å². The summed E-state index contributed by atoms with van der Waals surface area (Å²) in [6, 6.07) is 13.7. The molecule has 3 rings (SSSR count). The highest BCUT2D eigenvalue weighted by Gasteiger charge is 2.31. The normalized spacial score (nSPS) is 15.6. The van der Waals surface area contributed by atoms with Gasteiger partial charge in [0, 0.05) is 32.7 Å². The molecule has 7 heteroatoms. The third-order valence-electron chi connectivity index (χ3n) is 5.52. The van der Waals surface area contributed by atoms with E-state index in [9.17, 15) is 13.2 Å². The van der Waals surface area contributed by atoms with Gasteiger partial charge in [-0.1, -0.05) is 47.5 Å². The molecule has 1 heterocycles. The van der Waals surface area contributed by atoms with Gasteiger partial charge in [0.25, 0.3) is 0 Å². The number of aryl methyl sites for hydroxylation is 3. The summed E-state index contributed by atoms with van der Waals surface area (Å²) in [6.45, 7) is 8.32. The molecule has 0 radical (unpaired) electrons. The number of hydrogen-bond acceptors (Lipinski definition) is 4. The molecule has 0 saturated carbocycles. The van der Waals surface area contributed by atoms with Gasteiger partial charge in [-0.15, -0.1) is 0 Å². The van der Waals surface area contributed by atoms with E-state index in [1.807, 2.05) is 37.9 Å². The highest BCUT2D eigenvalue weighted by Crippen LogP contribution is 2.22. The summed E-state index contributed by atoms with van der Waals surface area (Å²) in [5, 5.41) is 0. The van der Waals surface area contributed by atoms with Crippen molar-refractivity contribution in [2.45, 2.75) is 32.2 Å². The fourth-order valence-corrected chi connectivity index (χ4v) is 5.43. The molecule has 0 atom stereocenters. The van der Waals surface area contributed by atoms with Crippen LogP contribution in [-0.2, 0) is 21.4 Å². The summed E-state index contributed by atoms with van der Waals surface area (Å²) in [5.41, 5.74) is 4.18. The van der Waals surface area contributed by atoms with Gasteiger partial charge in [-0.3, -0.25) is 9.69 Å². The van der Waals surface area contributed by atoms with Crippen molar-refractivity contribution in [3.8, 4) is 0 Å². The molecule has 6 nitrogen and oxygen atoms in total. The molecule has 0 aromatic heterocycles. The Morgan fingerprint density at radius 2 is 1.53 bits per heavy atom. The second-order valence-corrected chi connectivity index (χ2v) is 10.1. The third kappa shape index (κ3) is 5.28. The van der Waals surface area contributed by atoms with Crippen LogP contribution in [0.4, 0.5) is 0 Å². The van der Waals surface area contributed by atoms with E-state index in [4.69, 9.17) is 0 Å². The zero-order valence-electron chi connectivity index (χ0n) is 18.3. The predicted octanol–water partition coefficient (Wildman–Crippen LogP) is 2.58. The average molecular weight is 430 g/mol. The Kier molecular flexibility index (Phi) is 6.95. The van der Waals surface area contributed by atoms with Crippen LogP contribution in [0.5, 0.6) is 0 Å². The molecule has 0 bridgehead atoms. The van der Waals surface area contributed by atoms with Crippen molar-refractivity contribution in [1.29, 1.82) is 0 Å². The monoisotopic (exact) mass is 429 g/mol. The summed E-state index contributed by atoms with van der Waals surface area (Å²) in [5.74, 6) is 0.0353. The SMILES string of the molecule is Cc1ccc(CN(C)CC(=O)N2CCN(S(=O)(=O)c3ccc(C)cc3C)CC2)cc1. The molecule has 0 unspecified atom stereocenters. The summed E-state index contributed by atoms with van der Waals surface area (Å²) < 4.78 is 27.5. The zero-order valence-corrected chi connectivity index (χ0v) is 19.1. The van der Waals surface area contributed by atoms with Crippen LogP contribution in [-0.4, -0.2) is 68.2 Å². The molecular formula is C23H31N3O3S. The van der Waals surface area contributed by atoms with E-state index in [1.165, 1.54) is 15.4 Å². The summed E-state index contributed by atoms with van der Waals surface area (Å²) in [6.07, 6.45) is 0. The molecule has 1 saturated heterocycles. The minimum Gasteiger partial charge on any atom is -0.339 e. The smallest absolute Gasteiger partial charge is 0.243 e. The Balaban J connectivity index is 1.55. The van der Waals surface area contributed by atoms with Crippen molar-refractivity contribution >= 4 is 15.9 Å². The van der Waals surface area contributed by atoms with Crippen LogP contribution in [0.2, 0.25) is 0 Å². The van der Waals surface area contributed by atoms with Gasteiger partial charge >= 0.3 is 0 Å². The van der Waals surface area contributed by atoms with E-state index >= 15 is 0 Å². The minimum atomic E-state index is -3.54. The number of hydrogen-bond donors (Lipinski definition) is 0. The number of piperazine rings is 1. The fraction of sp³-hybridized carbons (Fsp3) is 0.435. The summed E-state index contributed by atoms with van der Waals surface area (Å²) in [4.78, 5) is 16.8. The molecule has 0 spiro atoms. The van der Waals surface area contributed by atoms with Crippen LogP contribution < -0.4 is 0 Å². The Hall–Kier alpha value is -2.22. The van der Waals surface area contributed by atoms with Crippen LogP contribution in [0.25, 0.3) is 0 Å². The van der Waals surface area contributed by atoms with Crippen molar-refractivity contribution in [2.75, 3.05) is 39.8 Å². The summed E-state index contributed by atoms with van der Waals surface area (Å²) in [7, 11) is -1.61. The first-order valence-electron chi connectivity index (χ1n) is 10.3. The van der Waals surface area contributed by atoms with Crippen LogP contribution in [0, 0.1) is 20.8 Å². The first-order chi connectivity index (χ1) is 14.2. The molecule has 0 N–H and O–H groups in total. The van der Waals surface area contributed by atoms with Crippen molar-refractivity contribution < 1.29 is 13.2 Å². The van der Waals surface area contributed by atoms with Gasteiger partial charge in [0.15, 0.2) is 0 Å². The lowest BCUT2D eigenvalue weighted by Gasteiger charge is -2.35. The topological polar surface area (TPSA) is 60.9 Å². The van der Waals surface area contributed by atoms with E-state index < -0.39 is 10.0 Å². The maximum absolute atomic E-state index is 13.0. The Morgan fingerprint density at radius 1 is 0.933 bits per heavy atom. The number of carbonyl (C=O) groups is 1. The van der Waals surface area contributed by atoms with Gasteiger partial charge in [-0.25, -0.2) is 8.42 Å². The van der Waals surface area contributed by atoms with Crippen LogP contribution in [0.3, 0.4) is 0 Å². The molecule has 2 aromatic rings. The first-order valence-corrected chi connectivity index (χ1v) is 11.7. The van der Waals surface area contributed by atoms with Gasteiger partial charge in [-0.05, 0) is 45.0 Å². The van der Waals surface area contributed by atoms with Crippen molar-refractivity contribution in [3.63, 3.8) is 0 Å². The second kappa shape index (κ2) is 9.29. The maximum Gasteiger partial charge on any atom is 0.243 e. The quantitative estimate of drug-likeness (QED) is 0.708. The van der Waals surface area contributed by atoms with Gasteiger partial charge in [0.2, 0.25) is 15.9 Å². The highest BCUT2D eigenvalue weighted by molar-refractivity contribution is 7.89. The lowest BCUT2D eigenvalue weighted by Crippen LogP contribution is -2.52. The molecule has 1 amide bonds. The van der Waals surface area contributed by atoms with Gasteiger partial charge in [-0.2, -0.15) is 4.31 Å². The van der Waals surface area contributed by atoms with Crippen molar-refractivity contribution in [1.82, 2.24) is 14.1 Å². The largest absolute Gasteiger partial charge is 0.339 e. The number of amides is 1. The Bertz CT molecular complexity index is 995. The summed E-state index contributed by atoms with van der Waals surface area (Å²) >= 11 is 0. The average Bonchev–Trinajstić information content (AvgIpc) is 2.69.